The summed E-state index contributed by atoms with van der Waals surface area (Å²) in [6.45, 7) is 12.1. The summed E-state index contributed by atoms with van der Waals surface area (Å²) in [4.78, 5) is 0. The fourth-order valence-corrected chi connectivity index (χ4v) is 2.75. The van der Waals surface area contributed by atoms with Crippen molar-refractivity contribution < 1.29 is 4.57 Å². The molecule has 0 saturated heterocycles. The Morgan fingerprint density at radius 2 is 1.54 bits per heavy atom. The Morgan fingerprint density at radius 3 is 2.17 bits per heavy atom. The van der Waals surface area contributed by atoms with Gasteiger partial charge in [-0.05, 0) is 72.8 Å². The zero-order valence-corrected chi connectivity index (χ0v) is 16.4. The number of aryl methyl sites for hydroxylation is 2. The zero-order valence-electron chi connectivity index (χ0n) is 16.4. The lowest BCUT2D eigenvalue weighted by molar-refractivity contribution is -0.697. The average Bonchev–Trinajstić information content (AvgIpc) is 2.51. The van der Waals surface area contributed by atoms with E-state index >= 15 is 0 Å². The number of allylic oxidation sites excluding steroid dienone is 6. The van der Waals surface area contributed by atoms with Gasteiger partial charge in [-0.1, -0.05) is 34.9 Å². The molecule has 0 aliphatic carbocycles. The van der Waals surface area contributed by atoms with Gasteiger partial charge in [-0.2, -0.15) is 0 Å². The molecule has 132 valence electrons. The van der Waals surface area contributed by atoms with Crippen molar-refractivity contribution in [2.75, 3.05) is 0 Å². The summed E-state index contributed by atoms with van der Waals surface area (Å²) < 4.78 is 2.29. The molecule has 0 amide bonds. The Kier molecular flexibility index (Phi) is 10.1. The third-order valence-electron chi connectivity index (χ3n) is 4.24. The number of aromatic nitrogens is 1. The first-order chi connectivity index (χ1) is 11.5. The second kappa shape index (κ2) is 11.8. The van der Waals surface area contributed by atoms with Gasteiger partial charge in [0.25, 0.3) is 0 Å². The molecule has 1 rings (SSSR count). The van der Waals surface area contributed by atoms with E-state index in [9.17, 15) is 0 Å². The van der Waals surface area contributed by atoms with E-state index in [0.29, 0.717) is 0 Å². The molecule has 0 fully saturated rings. The van der Waals surface area contributed by atoms with Crippen molar-refractivity contribution in [1.82, 2.24) is 0 Å². The van der Waals surface area contributed by atoms with E-state index < -0.39 is 0 Å². The maximum atomic E-state index is 2.42. The van der Waals surface area contributed by atoms with Gasteiger partial charge in [0.15, 0.2) is 12.4 Å². The minimum absolute atomic E-state index is 1.11. The molecule has 1 heterocycles. The SMILES string of the molecule is CC(C)=CCC/C(C)=C/CCC(C)=CCCC[n+]1cccc(C)c1. The highest BCUT2D eigenvalue weighted by Crippen LogP contribution is 2.12. The number of pyridine rings is 1. The van der Waals surface area contributed by atoms with Crippen LogP contribution < -0.4 is 4.57 Å². The quantitative estimate of drug-likeness (QED) is 0.263. The van der Waals surface area contributed by atoms with E-state index in [0.717, 1.165) is 6.54 Å². The summed E-state index contributed by atoms with van der Waals surface area (Å²) in [6, 6.07) is 4.28. The van der Waals surface area contributed by atoms with Crippen molar-refractivity contribution in [1.29, 1.82) is 0 Å². The Morgan fingerprint density at radius 1 is 0.917 bits per heavy atom. The van der Waals surface area contributed by atoms with Crippen molar-refractivity contribution in [3.8, 4) is 0 Å². The first kappa shape index (κ1) is 20.4. The Labute approximate surface area is 149 Å². The Bertz CT molecular complexity index is 571. The number of rotatable bonds is 10. The van der Waals surface area contributed by atoms with Gasteiger partial charge in [0, 0.05) is 18.1 Å². The number of nitrogens with zero attached hydrogens (tertiary/aromatic N) is 1. The lowest BCUT2D eigenvalue weighted by atomic mass is 10.1. The number of hydrogen-bond acceptors (Lipinski definition) is 0. The second-order valence-electron chi connectivity index (χ2n) is 7.22. The topological polar surface area (TPSA) is 3.88 Å². The molecule has 1 nitrogen and oxygen atoms in total. The smallest absolute Gasteiger partial charge is 0.171 e. The molecule has 1 aromatic heterocycles. The van der Waals surface area contributed by atoms with Crippen molar-refractivity contribution in [3.63, 3.8) is 0 Å². The number of unbranched alkanes of at least 4 members (excludes halogenated alkanes) is 1. The maximum absolute atomic E-state index is 2.42. The molecule has 0 atom stereocenters. The maximum Gasteiger partial charge on any atom is 0.171 e. The standard InChI is InChI=1S/C23H36N/c1-20(2)11-8-13-22(4)15-9-14-21(3)12-6-7-17-24-18-10-16-23(5)19-24/h10-12,15-16,18-19H,6-9,13-14,17H2,1-5H3/q+1/b21-12?,22-15+. The predicted molar refractivity (Wildman–Crippen MR) is 106 cm³/mol. The molecular weight excluding hydrogens is 290 g/mol. The van der Waals surface area contributed by atoms with Crippen molar-refractivity contribution in [3.05, 3.63) is 65.0 Å². The molecule has 1 aromatic rings. The molecule has 0 spiro atoms. The van der Waals surface area contributed by atoms with E-state index in [1.807, 2.05) is 0 Å². The normalized spacial score (nSPS) is 12.4. The fraction of sp³-hybridized carbons (Fsp3) is 0.522. The molecule has 1 heteroatoms. The first-order valence-corrected chi connectivity index (χ1v) is 9.37. The third-order valence-corrected chi connectivity index (χ3v) is 4.24. The molecule has 0 saturated carbocycles. The molecule has 0 unspecified atom stereocenters. The molecule has 0 aliphatic heterocycles. The lowest BCUT2D eigenvalue weighted by Crippen LogP contribution is -2.32. The number of hydrogen-bond donors (Lipinski definition) is 0. The summed E-state index contributed by atoms with van der Waals surface area (Å²) in [5.74, 6) is 0. The summed E-state index contributed by atoms with van der Waals surface area (Å²) >= 11 is 0. The van der Waals surface area contributed by atoms with Crippen LogP contribution in [0.3, 0.4) is 0 Å². The van der Waals surface area contributed by atoms with Gasteiger partial charge in [0.1, 0.15) is 6.54 Å². The van der Waals surface area contributed by atoms with Crippen LogP contribution in [0.4, 0.5) is 0 Å². The van der Waals surface area contributed by atoms with E-state index in [1.165, 1.54) is 60.8 Å². The highest BCUT2D eigenvalue weighted by molar-refractivity contribution is 5.05. The Hall–Kier alpha value is -1.63. The van der Waals surface area contributed by atoms with Crippen LogP contribution in [0.5, 0.6) is 0 Å². The third kappa shape index (κ3) is 10.2. The summed E-state index contributed by atoms with van der Waals surface area (Å²) in [5.41, 5.74) is 5.80. The minimum Gasteiger partial charge on any atom is -0.205 e. The first-order valence-electron chi connectivity index (χ1n) is 9.37. The van der Waals surface area contributed by atoms with Crippen LogP contribution in [0.15, 0.2) is 59.5 Å². The van der Waals surface area contributed by atoms with Gasteiger partial charge < -0.3 is 0 Å². The van der Waals surface area contributed by atoms with Gasteiger partial charge in [0.05, 0.1) is 0 Å². The van der Waals surface area contributed by atoms with Crippen molar-refractivity contribution in [2.24, 2.45) is 0 Å². The monoisotopic (exact) mass is 326 g/mol. The summed E-state index contributed by atoms with van der Waals surface area (Å²) in [7, 11) is 0. The van der Waals surface area contributed by atoms with Gasteiger partial charge in [-0.15, -0.1) is 0 Å². The van der Waals surface area contributed by atoms with Crippen LogP contribution in [0.25, 0.3) is 0 Å². The molecule has 0 aliphatic rings. The highest BCUT2D eigenvalue weighted by Gasteiger charge is 1.99. The Balaban J connectivity index is 2.21. The largest absolute Gasteiger partial charge is 0.205 e. The molecule has 24 heavy (non-hydrogen) atoms. The van der Waals surface area contributed by atoms with Crippen LogP contribution in [-0.2, 0) is 6.54 Å². The van der Waals surface area contributed by atoms with Gasteiger partial charge >= 0.3 is 0 Å². The van der Waals surface area contributed by atoms with Crippen LogP contribution in [0, 0.1) is 6.92 Å². The van der Waals surface area contributed by atoms with Crippen LogP contribution in [0.1, 0.15) is 71.8 Å². The van der Waals surface area contributed by atoms with Gasteiger partial charge in [-0.25, -0.2) is 4.57 Å². The molecule has 0 bridgehead atoms. The fourth-order valence-electron chi connectivity index (χ4n) is 2.75. The lowest BCUT2D eigenvalue weighted by Gasteiger charge is -2.02. The minimum atomic E-state index is 1.11. The summed E-state index contributed by atoms with van der Waals surface area (Å²) in [6.07, 6.45) is 18.7. The van der Waals surface area contributed by atoms with Crippen molar-refractivity contribution in [2.45, 2.75) is 79.7 Å². The van der Waals surface area contributed by atoms with Crippen LogP contribution in [0.2, 0.25) is 0 Å². The average molecular weight is 327 g/mol. The molecule has 0 N–H and O–H groups in total. The van der Waals surface area contributed by atoms with E-state index in [1.54, 1.807) is 0 Å². The van der Waals surface area contributed by atoms with E-state index in [4.69, 9.17) is 0 Å². The molecule has 0 aromatic carbocycles. The predicted octanol–water partition coefficient (Wildman–Crippen LogP) is 6.48. The van der Waals surface area contributed by atoms with Crippen LogP contribution >= 0.6 is 0 Å². The molecule has 0 radical (unpaired) electrons. The van der Waals surface area contributed by atoms with Crippen molar-refractivity contribution >= 4 is 0 Å². The van der Waals surface area contributed by atoms with Gasteiger partial charge in [-0.3, -0.25) is 0 Å². The molecular formula is C23H36N+. The van der Waals surface area contributed by atoms with E-state index in [-0.39, 0.29) is 0 Å². The zero-order chi connectivity index (χ0) is 17.8. The van der Waals surface area contributed by atoms with E-state index in [2.05, 4.69) is 81.9 Å². The second-order valence-corrected chi connectivity index (χ2v) is 7.22. The highest BCUT2D eigenvalue weighted by atomic mass is 14.9. The van der Waals surface area contributed by atoms with Gasteiger partial charge in [0.2, 0.25) is 0 Å². The summed E-state index contributed by atoms with van der Waals surface area (Å²) in [5, 5.41) is 0. The van der Waals surface area contributed by atoms with Crippen LogP contribution in [-0.4, -0.2) is 0 Å².